The number of nitrogens with zero attached hydrogens (tertiary/aromatic N) is 2. The van der Waals surface area contributed by atoms with Gasteiger partial charge in [-0.1, -0.05) is 115 Å². The third-order valence-corrected chi connectivity index (χ3v) is 9.24. The first-order valence-corrected chi connectivity index (χ1v) is 17.7. The molecule has 0 bridgehead atoms. The van der Waals surface area contributed by atoms with Crippen LogP contribution in [0.4, 0.5) is 4.39 Å². The third-order valence-electron chi connectivity index (χ3n) is 7.46. The summed E-state index contributed by atoms with van der Waals surface area (Å²) in [5.41, 5.74) is 3.43. The maximum absolute atomic E-state index is 14.0. The van der Waals surface area contributed by atoms with Crippen molar-refractivity contribution in [3.05, 3.63) is 177 Å². The number of hydrogen-bond donors (Lipinski definition) is 1. The molecule has 1 heterocycles. The van der Waals surface area contributed by atoms with E-state index in [0.717, 1.165) is 26.5 Å². The van der Waals surface area contributed by atoms with Crippen molar-refractivity contribution in [2.75, 3.05) is 5.75 Å². The maximum atomic E-state index is 14.0. The minimum Gasteiger partial charge on any atom is -0.488 e. The van der Waals surface area contributed by atoms with E-state index >= 15 is 0 Å². The largest absolute Gasteiger partial charge is 0.488 e. The van der Waals surface area contributed by atoms with E-state index in [-0.39, 0.29) is 34.8 Å². The van der Waals surface area contributed by atoms with E-state index < -0.39 is 17.9 Å². The van der Waals surface area contributed by atoms with Crippen molar-refractivity contribution in [3.63, 3.8) is 0 Å². The van der Waals surface area contributed by atoms with Crippen LogP contribution in [-0.4, -0.2) is 33.5 Å². The van der Waals surface area contributed by atoms with E-state index in [1.807, 2.05) is 60.7 Å². The molecule has 4 aromatic rings. The molecule has 0 saturated heterocycles. The molecule has 10 heteroatoms. The Labute approximate surface area is 308 Å². The van der Waals surface area contributed by atoms with Gasteiger partial charge in [-0.3, -0.25) is 19.3 Å². The Morgan fingerprint density at radius 2 is 1.70 bits per heavy atom. The predicted molar refractivity (Wildman–Crippen MR) is 206 cm³/mol. The second-order valence-electron chi connectivity index (χ2n) is 10.9. The molecule has 0 fully saturated rings. The lowest BCUT2D eigenvalue weighted by Crippen LogP contribution is -2.42. The number of ether oxygens (including phenoxy) is 1. The standard InChI is InChI=1S/C40H33FIN3O4S/c1-3-5-19-32(4-2)45-39(48)33(23-27-20-21-35(34(42)24-27)49-25-28-13-12-18-31(41)22-28)38(47)44-40(45)50-26-36(46)43-37(29-14-8-6-9-15-29)30-16-10-7-11-17-30/h3-24,37H,1,25-26H2,2H3,(H,43,46)/b19-5-,32-4+,33-23+. The molecule has 5 rings (SSSR count). The maximum Gasteiger partial charge on any atom is 0.285 e. The molecule has 50 heavy (non-hydrogen) atoms. The quantitative estimate of drug-likeness (QED) is 0.0674. The smallest absolute Gasteiger partial charge is 0.285 e. The summed E-state index contributed by atoms with van der Waals surface area (Å²) >= 11 is 3.11. The molecule has 0 saturated carbocycles. The van der Waals surface area contributed by atoms with Gasteiger partial charge in [-0.25, -0.2) is 4.39 Å². The zero-order chi connectivity index (χ0) is 35.5. The second kappa shape index (κ2) is 17.5. The molecule has 0 aliphatic carbocycles. The fourth-order valence-corrected chi connectivity index (χ4v) is 6.58. The summed E-state index contributed by atoms with van der Waals surface area (Å²) < 4.78 is 20.2. The summed E-state index contributed by atoms with van der Waals surface area (Å²) in [7, 11) is 0. The number of thioether (sulfide) groups is 1. The Morgan fingerprint density at radius 3 is 2.32 bits per heavy atom. The van der Waals surface area contributed by atoms with E-state index in [0.29, 0.717) is 22.6 Å². The summed E-state index contributed by atoms with van der Waals surface area (Å²) in [6.45, 7) is 5.66. The number of aliphatic imine (C=N–C) groups is 1. The average Bonchev–Trinajstić information content (AvgIpc) is 3.13. The number of rotatable bonds is 12. The van der Waals surface area contributed by atoms with E-state index in [1.54, 1.807) is 61.6 Å². The lowest BCUT2D eigenvalue weighted by atomic mass is 9.99. The topological polar surface area (TPSA) is 88.1 Å². The molecular formula is C40H33FIN3O4S. The van der Waals surface area contributed by atoms with Crippen LogP contribution in [0.1, 0.15) is 35.2 Å². The molecule has 0 unspecified atom stereocenters. The van der Waals surface area contributed by atoms with Gasteiger partial charge in [0.2, 0.25) is 5.91 Å². The fraction of sp³-hybridized carbons (Fsp3) is 0.100. The molecule has 0 radical (unpaired) electrons. The number of amidine groups is 1. The van der Waals surface area contributed by atoms with E-state index in [4.69, 9.17) is 4.74 Å². The Balaban J connectivity index is 1.37. The lowest BCUT2D eigenvalue weighted by molar-refractivity contribution is -0.126. The minimum atomic E-state index is -0.717. The highest BCUT2D eigenvalue weighted by atomic mass is 127. The van der Waals surface area contributed by atoms with E-state index in [1.165, 1.54) is 23.1 Å². The van der Waals surface area contributed by atoms with Crippen molar-refractivity contribution in [1.29, 1.82) is 0 Å². The van der Waals surface area contributed by atoms with Crippen LogP contribution in [0, 0.1) is 9.39 Å². The summed E-state index contributed by atoms with van der Waals surface area (Å²) in [5.74, 6) is -1.46. The van der Waals surface area contributed by atoms with E-state index in [9.17, 15) is 18.8 Å². The van der Waals surface area contributed by atoms with Crippen LogP contribution in [0.15, 0.2) is 150 Å². The van der Waals surface area contributed by atoms with Crippen molar-refractivity contribution >= 4 is 63.3 Å². The monoisotopic (exact) mass is 797 g/mol. The highest BCUT2D eigenvalue weighted by Crippen LogP contribution is 2.29. The van der Waals surface area contributed by atoms with Crippen molar-refractivity contribution in [2.45, 2.75) is 19.6 Å². The molecule has 252 valence electrons. The number of amides is 3. The fourth-order valence-electron chi connectivity index (χ4n) is 5.07. The number of allylic oxidation sites excluding steroid dienone is 4. The summed E-state index contributed by atoms with van der Waals surface area (Å²) in [6.07, 6.45) is 8.14. The average molecular weight is 798 g/mol. The van der Waals surface area contributed by atoms with Gasteiger partial charge >= 0.3 is 0 Å². The van der Waals surface area contributed by atoms with Gasteiger partial charge in [0, 0.05) is 5.70 Å². The number of benzene rings is 4. The van der Waals surface area contributed by atoms with Crippen LogP contribution >= 0.6 is 34.4 Å². The van der Waals surface area contributed by atoms with Gasteiger partial charge in [0.25, 0.3) is 11.8 Å². The Bertz CT molecular complexity index is 1970. The summed E-state index contributed by atoms with van der Waals surface area (Å²) in [5, 5.41) is 3.18. The van der Waals surface area contributed by atoms with Gasteiger partial charge in [0.05, 0.1) is 15.4 Å². The first-order valence-electron chi connectivity index (χ1n) is 15.6. The van der Waals surface area contributed by atoms with Crippen molar-refractivity contribution in [3.8, 4) is 5.75 Å². The highest BCUT2D eigenvalue weighted by molar-refractivity contribution is 14.1. The number of halogens is 2. The number of carbonyl (C=O) groups is 3. The van der Waals surface area contributed by atoms with Crippen LogP contribution in [0.3, 0.4) is 0 Å². The normalized spacial score (nSPS) is 14.3. The van der Waals surface area contributed by atoms with Gasteiger partial charge in [-0.2, -0.15) is 4.99 Å². The lowest BCUT2D eigenvalue weighted by Gasteiger charge is -2.28. The molecule has 4 aromatic carbocycles. The minimum absolute atomic E-state index is 0.0840. The summed E-state index contributed by atoms with van der Waals surface area (Å²) in [4.78, 5) is 46.4. The van der Waals surface area contributed by atoms with Crippen LogP contribution < -0.4 is 10.1 Å². The van der Waals surface area contributed by atoms with Crippen LogP contribution in [-0.2, 0) is 21.0 Å². The molecule has 1 aliphatic heterocycles. The number of carbonyl (C=O) groups excluding carboxylic acids is 3. The molecule has 1 N–H and O–H groups in total. The SMILES string of the molecule is C=C/C=C\C(=C/C)N1C(=O)/C(=C/c2ccc(OCc3cccc(F)c3)c(I)c2)C(=O)N=C1SCC(=O)NC(c1ccccc1)c1ccccc1. The second-order valence-corrected chi connectivity index (χ2v) is 13.0. The highest BCUT2D eigenvalue weighted by Gasteiger charge is 2.35. The van der Waals surface area contributed by atoms with Crippen LogP contribution in [0.2, 0.25) is 0 Å². The summed E-state index contributed by atoms with van der Waals surface area (Å²) in [6, 6.07) is 30.3. The Hall–Kier alpha value is -5.07. The zero-order valence-electron chi connectivity index (χ0n) is 27.1. The molecule has 7 nitrogen and oxygen atoms in total. The molecule has 0 spiro atoms. The molecule has 0 atom stereocenters. The Kier molecular flexibility index (Phi) is 12.7. The molecule has 0 aromatic heterocycles. The first kappa shape index (κ1) is 36.2. The van der Waals surface area contributed by atoms with Crippen molar-refractivity contribution < 1.29 is 23.5 Å². The molecule has 1 aliphatic rings. The van der Waals surface area contributed by atoms with Gasteiger partial charge in [0.15, 0.2) is 5.17 Å². The molecule has 3 amide bonds. The predicted octanol–water partition coefficient (Wildman–Crippen LogP) is 8.40. The Morgan fingerprint density at radius 1 is 1.00 bits per heavy atom. The third kappa shape index (κ3) is 9.33. The molecular weight excluding hydrogens is 764 g/mol. The zero-order valence-corrected chi connectivity index (χ0v) is 30.1. The van der Waals surface area contributed by atoms with E-state index in [2.05, 4.69) is 39.5 Å². The van der Waals surface area contributed by atoms with Crippen molar-refractivity contribution in [1.82, 2.24) is 10.2 Å². The van der Waals surface area contributed by atoms with Gasteiger partial charge in [0.1, 0.15) is 23.7 Å². The van der Waals surface area contributed by atoms with Gasteiger partial charge < -0.3 is 10.1 Å². The number of hydrogen-bond acceptors (Lipinski definition) is 5. The van der Waals surface area contributed by atoms with Gasteiger partial charge in [-0.15, -0.1) is 0 Å². The van der Waals surface area contributed by atoms with Gasteiger partial charge in [-0.05, 0) is 88.2 Å². The van der Waals surface area contributed by atoms with Crippen LogP contribution in [0.5, 0.6) is 5.75 Å². The number of nitrogens with one attached hydrogen (secondary N) is 1. The first-order chi connectivity index (χ1) is 24.3. The van der Waals surface area contributed by atoms with Crippen LogP contribution in [0.25, 0.3) is 6.08 Å². The van der Waals surface area contributed by atoms with Crippen molar-refractivity contribution in [2.24, 2.45) is 4.99 Å².